The van der Waals surface area contributed by atoms with Crippen molar-refractivity contribution in [3.05, 3.63) is 27.4 Å². The van der Waals surface area contributed by atoms with E-state index >= 15 is 0 Å². The summed E-state index contributed by atoms with van der Waals surface area (Å²) in [5, 5.41) is 27.7. The molecule has 0 aliphatic rings. The molecule has 0 radical (unpaired) electrons. The molecule has 0 unspecified atom stereocenters. The maximum Gasteiger partial charge on any atom is 0.407 e. The monoisotopic (exact) mass is 215 g/mol. The lowest BCUT2D eigenvalue weighted by atomic mass is 10.2. The highest BCUT2D eigenvalue weighted by molar-refractivity contribution is 5.49. The van der Waals surface area contributed by atoms with E-state index in [2.05, 4.69) is 4.98 Å². The zero-order chi connectivity index (χ0) is 11.6. The van der Waals surface area contributed by atoms with Crippen LogP contribution < -0.4 is 0 Å². The average molecular weight is 215 g/mol. The Hall–Kier alpha value is -2.30. The highest BCUT2D eigenvalue weighted by atomic mass is 19.3. The van der Waals surface area contributed by atoms with E-state index in [0.717, 1.165) is 0 Å². The standard InChI is InChI=1S/C7H3F2N3O3/c8-6(9)4-1-3(2-10)11-7(5(4)13)12(14)15/h1,6,13H. The van der Waals surface area contributed by atoms with Gasteiger partial charge in [-0.25, -0.2) is 8.78 Å². The van der Waals surface area contributed by atoms with Gasteiger partial charge in [0.05, 0.1) is 5.56 Å². The van der Waals surface area contributed by atoms with Crippen molar-refractivity contribution in [1.29, 1.82) is 5.26 Å². The van der Waals surface area contributed by atoms with Crippen molar-refractivity contribution in [3.63, 3.8) is 0 Å². The Labute approximate surface area is 81.6 Å². The van der Waals surface area contributed by atoms with Crippen LogP contribution in [0, 0.1) is 21.4 Å². The van der Waals surface area contributed by atoms with E-state index in [1.807, 2.05) is 0 Å². The molecule has 1 aromatic heterocycles. The first kappa shape index (κ1) is 10.8. The maximum atomic E-state index is 12.3. The van der Waals surface area contributed by atoms with E-state index in [4.69, 9.17) is 10.4 Å². The lowest BCUT2D eigenvalue weighted by Gasteiger charge is -2.02. The zero-order valence-corrected chi connectivity index (χ0v) is 7.02. The average Bonchev–Trinajstić information content (AvgIpc) is 2.17. The van der Waals surface area contributed by atoms with E-state index in [1.54, 1.807) is 0 Å². The van der Waals surface area contributed by atoms with Crippen LogP contribution in [0.2, 0.25) is 0 Å². The van der Waals surface area contributed by atoms with Gasteiger partial charge in [-0.05, 0) is 9.91 Å². The summed E-state index contributed by atoms with van der Waals surface area (Å²) in [4.78, 5) is 12.2. The maximum absolute atomic E-state index is 12.3. The Morgan fingerprint density at radius 2 is 2.27 bits per heavy atom. The molecule has 0 saturated heterocycles. The minimum atomic E-state index is -3.11. The topological polar surface area (TPSA) is 100 Å². The normalized spacial score (nSPS) is 10.0. The van der Waals surface area contributed by atoms with Gasteiger partial charge in [0.15, 0.2) is 0 Å². The second-order valence-corrected chi connectivity index (χ2v) is 2.44. The number of alkyl halides is 2. The minimum absolute atomic E-state index is 0.546. The first-order valence-corrected chi connectivity index (χ1v) is 3.54. The number of pyridine rings is 1. The van der Waals surface area contributed by atoms with Crippen molar-refractivity contribution in [1.82, 2.24) is 4.98 Å². The first-order chi connectivity index (χ1) is 6.97. The molecule has 1 rings (SSSR count). The molecule has 0 amide bonds. The smallest absolute Gasteiger partial charge is 0.407 e. The van der Waals surface area contributed by atoms with E-state index in [0.29, 0.717) is 6.07 Å². The number of nitro groups is 1. The Balaban J connectivity index is 3.49. The van der Waals surface area contributed by atoms with Gasteiger partial charge in [-0.15, -0.1) is 0 Å². The van der Waals surface area contributed by atoms with Gasteiger partial charge in [0.1, 0.15) is 6.07 Å². The Morgan fingerprint density at radius 1 is 1.67 bits per heavy atom. The fraction of sp³-hybridized carbons (Fsp3) is 0.143. The van der Waals surface area contributed by atoms with Gasteiger partial charge in [-0.1, -0.05) is 0 Å². The molecule has 6 nitrogen and oxygen atoms in total. The predicted molar refractivity (Wildman–Crippen MR) is 42.2 cm³/mol. The number of halogens is 2. The first-order valence-electron chi connectivity index (χ1n) is 3.54. The zero-order valence-electron chi connectivity index (χ0n) is 7.02. The molecule has 0 saturated carbocycles. The van der Waals surface area contributed by atoms with Crippen LogP contribution in [0.5, 0.6) is 5.75 Å². The highest BCUT2D eigenvalue weighted by Gasteiger charge is 2.26. The Morgan fingerprint density at radius 3 is 2.67 bits per heavy atom. The number of nitriles is 1. The summed E-state index contributed by atoms with van der Waals surface area (Å²) >= 11 is 0. The molecule has 1 N–H and O–H groups in total. The summed E-state index contributed by atoms with van der Waals surface area (Å²) in [6.45, 7) is 0. The molecule has 0 atom stereocenters. The van der Waals surface area contributed by atoms with Crippen LogP contribution in [0.3, 0.4) is 0 Å². The quantitative estimate of drug-likeness (QED) is 0.595. The van der Waals surface area contributed by atoms with E-state index in [-0.39, 0.29) is 0 Å². The molecule has 78 valence electrons. The lowest BCUT2D eigenvalue weighted by molar-refractivity contribution is -0.390. The second kappa shape index (κ2) is 3.83. The van der Waals surface area contributed by atoms with Crippen LogP contribution in [0.15, 0.2) is 6.07 Å². The van der Waals surface area contributed by atoms with Gasteiger partial charge >= 0.3 is 5.82 Å². The van der Waals surface area contributed by atoms with Crippen molar-refractivity contribution < 1.29 is 18.8 Å². The van der Waals surface area contributed by atoms with E-state index in [9.17, 15) is 18.9 Å². The summed E-state index contributed by atoms with van der Waals surface area (Å²) < 4.78 is 24.5. The van der Waals surface area contributed by atoms with Gasteiger partial charge in [-0.2, -0.15) is 5.26 Å². The molecule has 15 heavy (non-hydrogen) atoms. The molecule has 0 fully saturated rings. The van der Waals surface area contributed by atoms with Crippen LogP contribution in [0.25, 0.3) is 0 Å². The van der Waals surface area contributed by atoms with Crippen LogP contribution in [0.1, 0.15) is 17.7 Å². The van der Waals surface area contributed by atoms with Gasteiger partial charge < -0.3 is 15.2 Å². The molecular formula is C7H3F2N3O3. The molecule has 8 heteroatoms. The molecular weight excluding hydrogens is 212 g/mol. The Bertz CT molecular complexity index is 456. The third kappa shape index (κ3) is 1.96. The SMILES string of the molecule is N#Cc1cc(C(F)F)c(O)c([N+](=O)[O-])n1. The summed E-state index contributed by atoms with van der Waals surface area (Å²) in [6, 6.07) is 1.99. The van der Waals surface area contributed by atoms with Gasteiger partial charge in [0.25, 0.3) is 12.1 Å². The molecule has 1 aromatic rings. The number of hydrogen-bond acceptors (Lipinski definition) is 5. The third-order valence-corrected chi connectivity index (χ3v) is 1.53. The molecule has 0 spiro atoms. The number of rotatable bonds is 2. The molecule has 1 heterocycles. The number of aromatic nitrogens is 1. The fourth-order valence-electron chi connectivity index (χ4n) is 0.895. The molecule has 0 bridgehead atoms. The summed E-state index contributed by atoms with van der Waals surface area (Å²) in [7, 11) is 0. The second-order valence-electron chi connectivity index (χ2n) is 2.44. The fourth-order valence-corrected chi connectivity index (χ4v) is 0.895. The highest BCUT2D eigenvalue weighted by Crippen LogP contribution is 2.34. The van der Waals surface area contributed by atoms with Crippen molar-refractivity contribution in [3.8, 4) is 11.8 Å². The van der Waals surface area contributed by atoms with Crippen LogP contribution >= 0.6 is 0 Å². The number of hydrogen-bond donors (Lipinski definition) is 1. The third-order valence-electron chi connectivity index (χ3n) is 1.53. The van der Waals surface area contributed by atoms with Gasteiger partial charge in [-0.3, -0.25) is 0 Å². The largest absolute Gasteiger partial charge is 0.501 e. The van der Waals surface area contributed by atoms with Crippen LogP contribution in [0.4, 0.5) is 14.6 Å². The lowest BCUT2D eigenvalue weighted by Crippen LogP contribution is -1.99. The van der Waals surface area contributed by atoms with Crippen molar-refractivity contribution in [2.24, 2.45) is 0 Å². The van der Waals surface area contributed by atoms with E-state index < -0.39 is 34.2 Å². The van der Waals surface area contributed by atoms with E-state index in [1.165, 1.54) is 6.07 Å². The van der Waals surface area contributed by atoms with Crippen molar-refractivity contribution >= 4 is 5.82 Å². The predicted octanol–water partition coefficient (Wildman–Crippen LogP) is 1.50. The summed E-state index contributed by atoms with van der Waals surface area (Å²) in [5.74, 6) is -2.36. The van der Waals surface area contributed by atoms with Gasteiger partial charge in [0.2, 0.25) is 5.75 Å². The van der Waals surface area contributed by atoms with Gasteiger partial charge in [0, 0.05) is 6.07 Å². The molecule has 0 aromatic carbocycles. The number of nitrogens with zero attached hydrogens (tertiary/aromatic N) is 3. The minimum Gasteiger partial charge on any atom is -0.501 e. The van der Waals surface area contributed by atoms with Crippen molar-refractivity contribution in [2.45, 2.75) is 6.43 Å². The van der Waals surface area contributed by atoms with Crippen molar-refractivity contribution in [2.75, 3.05) is 0 Å². The Kier molecular flexibility index (Phi) is 2.75. The molecule has 0 aliphatic heterocycles. The summed E-state index contributed by atoms with van der Waals surface area (Å²) in [6.07, 6.45) is -3.11. The summed E-state index contributed by atoms with van der Waals surface area (Å²) in [5.41, 5.74) is -1.52. The van der Waals surface area contributed by atoms with Crippen LogP contribution in [-0.2, 0) is 0 Å². The van der Waals surface area contributed by atoms with Crippen LogP contribution in [-0.4, -0.2) is 15.0 Å². The number of aromatic hydroxyl groups is 1. The molecule has 0 aliphatic carbocycles.